The highest BCUT2D eigenvalue weighted by atomic mass is 32.2. The standard InChI is InChI=1S/C13H28N2O2S2/c1-11(2)14-8-5-9-19(16,17)15-12-6-4-7-13(10-12)18-3/h11-15H,4-10H2,1-3H3. The van der Waals surface area contributed by atoms with E-state index in [4.69, 9.17) is 0 Å². The maximum atomic E-state index is 12.0. The number of sulfonamides is 1. The Morgan fingerprint density at radius 2 is 2.05 bits per heavy atom. The molecule has 2 N–H and O–H groups in total. The summed E-state index contributed by atoms with van der Waals surface area (Å²) in [7, 11) is -3.11. The lowest BCUT2D eigenvalue weighted by atomic mass is 9.96. The van der Waals surface area contributed by atoms with Crippen molar-refractivity contribution in [2.75, 3.05) is 18.6 Å². The molecule has 6 heteroatoms. The van der Waals surface area contributed by atoms with Crippen molar-refractivity contribution >= 4 is 21.8 Å². The number of rotatable bonds is 8. The van der Waals surface area contributed by atoms with Gasteiger partial charge in [0.2, 0.25) is 10.0 Å². The quantitative estimate of drug-likeness (QED) is 0.673. The first-order valence-electron chi connectivity index (χ1n) is 7.19. The Balaban J connectivity index is 2.29. The predicted octanol–water partition coefficient (Wildman–Crippen LogP) is 1.97. The molecule has 1 fully saturated rings. The average molecular weight is 309 g/mol. The summed E-state index contributed by atoms with van der Waals surface area (Å²) in [5.41, 5.74) is 0. The van der Waals surface area contributed by atoms with Crippen LogP contribution < -0.4 is 10.0 Å². The first-order valence-corrected chi connectivity index (χ1v) is 10.1. The molecule has 0 aliphatic heterocycles. The number of thioether (sulfide) groups is 1. The summed E-state index contributed by atoms with van der Waals surface area (Å²) in [6.07, 6.45) is 7.10. The molecular weight excluding hydrogens is 280 g/mol. The van der Waals surface area contributed by atoms with E-state index in [1.54, 1.807) is 0 Å². The summed E-state index contributed by atoms with van der Waals surface area (Å²) in [5, 5.41) is 3.86. The third-order valence-electron chi connectivity index (χ3n) is 3.45. The van der Waals surface area contributed by atoms with Gasteiger partial charge >= 0.3 is 0 Å². The SMILES string of the molecule is CSC1CCCC(NS(=O)(=O)CCCNC(C)C)C1. The minimum atomic E-state index is -3.11. The van der Waals surface area contributed by atoms with Crippen LogP contribution in [0.4, 0.5) is 0 Å². The Bertz CT molecular complexity index is 345. The molecule has 0 bridgehead atoms. The van der Waals surface area contributed by atoms with Gasteiger partial charge < -0.3 is 5.32 Å². The van der Waals surface area contributed by atoms with Crippen LogP contribution >= 0.6 is 11.8 Å². The summed E-state index contributed by atoms with van der Waals surface area (Å²) in [4.78, 5) is 0. The first kappa shape index (κ1) is 17.3. The summed E-state index contributed by atoms with van der Waals surface area (Å²) >= 11 is 1.86. The van der Waals surface area contributed by atoms with Crippen LogP contribution in [0.3, 0.4) is 0 Å². The lowest BCUT2D eigenvalue weighted by molar-refractivity contribution is 0.420. The molecule has 1 rings (SSSR count). The van der Waals surface area contributed by atoms with Crippen molar-refractivity contribution in [1.82, 2.24) is 10.0 Å². The van der Waals surface area contributed by atoms with Gasteiger partial charge in [0.1, 0.15) is 0 Å². The van der Waals surface area contributed by atoms with Crippen LogP contribution in [-0.2, 0) is 10.0 Å². The molecule has 0 amide bonds. The highest BCUT2D eigenvalue weighted by molar-refractivity contribution is 7.99. The van der Waals surface area contributed by atoms with Crippen LogP contribution in [0.1, 0.15) is 46.0 Å². The second kappa shape index (κ2) is 8.49. The van der Waals surface area contributed by atoms with Crippen molar-refractivity contribution in [3.05, 3.63) is 0 Å². The third-order valence-corrected chi connectivity index (χ3v) is 6.06. The molecule has 0 aromatic heterocycles. The molecular formula is C13H28N2O2S2. The lowest BCUT2D eigenvalue weighted by Crippen LogP contribution is -2.40. The first-order chi connectivity index (χ1) is 8.93. The minimum absolute atomic E-state index is 0.147. The van der Waals surface area contributed by atoms with Gasteiger partial charge in [0.05, 0.1) is 5.75 Å². The van der Waals surface area contributed by atoms with Gasteiger partial charge in [-0.1, -0.05) is 20.3 Å². The average Bonchev–Trinajstić information content (AvgIpc) is 2.34. The van der Waals surface area contributed by atoms with Crippen molar-refractivity contribution in [2.45, 2.75) is 63.3 Å². The molecule has 1 aliphatic rings. The van der Waals surface area contributed by atoms with E-state index in [1.807, 2.05) is 11.8 Å². The smallest absolute Gasteiger partial charge is 0.211 e. The highest BCUT2D eigenvalue weighted by Gasteiger charge is 2.24. The van der Waals surface area contributed by atoms with E-state index >= 15 is 0 Å². The van der Waals surface area contributed by atoms with Crippen molar-refractivity contribution in [3.8, 4) is 0 Å². The van der Waals surface area contributed by atoms with E-state index in [0.29, 0.717) is 17.7 Å². The second-order valence-corrected chi connectivity index (χ2v) is 8.63. The molecule has 0 heterocycles. The van der Waals surface area contributed by atoms with Gasteiger partial charge in [-0.3, -0.25) is 0 Å². The summed E-state index contributed by atoms with van der Waals surface area (Å²) < 4.78 is 26.9. The molecule has 0 spiro atoms. The molecule has 0 aromatic carbocycles. The van der Waals surface area contributed by atoms with Gasteiger partial charge in [-0.15, -0.1) is 0 Å². The fourth-order valence-corrected chi connectivity index (χ4v) is 4.62. The van der Waals surface area contributed by atoms with E-state index in [1.165, 1.54) is 6.42 Å². The zero-order valence-corrected chi connectivity index (χ0v) is 13.9. The van der Waals surface area contributed by atoms with Crippen molar-refractivity contribution in [3.63, 3.8) is 0 Å². The third kappa shape index (κ3) is 7.54. The zero-order valence-electron chi connectivity index (χ0n) is 12.3. The van der Waals surface area contributed by atoms with Crippen molar-refractivity contribution in [2.24, 2.45) is 0 Å². The van der Waals surface area contributed by atoms with Crippen molar-refractivity contribution < 1.29 is 8.42 Å². The van der Waals surface area contributed by atoms with Crippen LogP contribution in [0.25, 0.3) is 0 Å². The summed E-state index contributed by atoms with van der Waals surface area (Å²) in [6, 6.07) is 0.561. The normalized spacial score (nSPS) is 24.8. The van der Waals surface area contributed by atoms with Crippen molar-refractivity contribution in [1.29, 1.82) is 0 Å². The minimum Gasteiger partial charge on any atom is -0.314 e. The Hall–Kier alpha value is 0.220. The van der Waals surface area contributed by atoms with Crippen LogP contribution in [0.2, 0.25) is 0 Å². The van der Waals surface area contributed by atoms with Gasteiger partial charge in [-0.2, -0.15) is 11.8 Å². The maximum Gasteiger partial charge on any atom is 0.211 e. The van der Waals surface area contributed by atoms with Gasteiger partial charge in [0.15, 0.2) is 0 Å². The van der Waals surface area contributed by atoms with E-state index < -0.39 is 10.0 Å². The van der Waals surface area contributed by atoms with E-state index in [2.05, 4.69) is 30.1 Å². The molecule has 0 radical (unpaired) electrons. The molecule has 1 aliphatic carbocycles. The van der Waals surface area contributed by atoms with E-state index in [-0.39, 0.29) is 11.8 Å². The Morgan fingerprint density at radius 1 is 1.32 bits per heavy atom. The Kier molecular flexibility index (Phi) is 7.72. The monoisotopic (exact) mass is 308 g/mol. The van der Waals surface area contributed by atoms with Gasteiger partial charge in [0.25, 0.3) is 0 Å². The molecule has 2 atom stereocenters. The highest BCUT2D eigenvalue weighted by Crippen LogP contribution is 2.27. The number of hydrogen-bond acceptors (Lipinski definition) is 4. The Labute approximate surface area is 122 Å². The number of nitrogens with one attached hydrogen (secondary N) is 2. The molecule has 114 valence electrons. The topological polar surface area (TPSA) is 58.2 Å². The van der Waals surface area contributed by atoms with Crippen LogP contribution in [0.15, 0.2) is 0 Å². The maximum absolute atomic E-state index is 12.0. The lowest BCUT2D eigenvalue weighted by Gasteiger charge is -2.28. The van der Waals surface area contributed by atoms with Crippen LogP contribution in [0, 0.1) is 0 Å². The summed E-state index contributed by atoms with van der Waals surface area (Å²) in [6.45, 7) is 4.89. The van der Waals surface area contributed by atoms with Gasteiger partial charge in [0, 0.05) is 17.3 Å². The van der Waals surface area contributed by atoms with Gasteiger partial charge in [-0.25, -0.2) is 13.1 Å². The predicted molar refractivity (Wildman–Crippen MR) is 84.2 cm³/mol. The van der Waals surface area contributed by atoms with Crippen LogP contribution in [-0.4, -0.2) is 44.3 Å². The molecule has 4 nitrogen and oxygen atoms in total. The Morgan fingerprint density at radius 3 is 2.68 bits per heavy atom. The molecule has 2 unspecified atom stereocenters. The van der Waals surface area contributed by atoms with Crippen LogP contribution in [0.5, 0.6) is 0 Å². The van der Waals surface area contributed by atoms with Gasteiger partial charge in [-0.05, 0) is 38.5 Å². The van der Waals surface area contributed by atoms with E-state index in [9.17, 15) is 8.42 Å². The summed E-state index contributed by atoms with van der Waals surface area (Å²) in [5.74, 6) is 0.229. The van der Waals surface area contributed by atoms with E-state index in [0.717, 1.165) is 25.8 Å². The fourth-order valence-electron chi connectivity index (χ4n) is 2.43. The molecule has 19 heavy (non-hydrogen) atoms. The molecule has 0 aromatic rings. The molecule has 0 saturated heterocycles. The fraction of sp³-hybridized carbons (Fsp3) is 1.00. The second-order valence-electron chi connectivity index (χ2n) is 5.62. The molecule has 1 saturated carbocycles. The largest absolute Gasteiger partial charge is 0.314 e. The zero-order chi connectivity index (χ0) is 14.3. The number of hydrogen-bond donors (Lipinski definition) is 2.